The van der Waals surface area contributed by atoms with Crippen molar-refractivity contribution in [3.05, 3.63) is 70.5 Å². The number of amides is 1. The van der Waals surface area contributed by atoms with Gasteiger partial charge in [0.15, 0.2) is 0 Å². The Hall–Kier alpha value is -1.95. The third kappa shape index (κ3) is 6.06. The second-order valence-electron chi connectivity index (χ2n) is 8.81. The summed E-state index contributed by atoms with van der Waals surface area (Å²) in [5, 5.41) is 3.91. The molecule has 1 N–H and O–H groups in total. The van der Waals surface area contributed by atoms with E-state index < -0.39 is 0 Å². The van der Waals surface area contributed by atoms with Crippen LogP contribution in [0.1, 0.15) is 36.3 Å². The van der Waals surface area contributed by atoms with Crippen LogP contribution in [0.4, 0.5) is 4.39 Å². The summed E-state index contributed by atoms with van der Waals surface area (Å²) in [7, 11) is 0. The Kier molecular flexibility index (Phi) is 7.59. The molecule has 2 aromatic rings. The van der Waals surface area contributed by atoms with Gasteiger partial charge in [0, 0.05) is 37.7 Å². The lowest BCUT2D eigenvalue weighted by molar-refractivity contribution is -0.127. The van der Waals surface area contributed by atoms with Crippen LogP contribution in [0.25, 0.3) is 0 Å². The van der Waals surface area contributed by atoms with Gasteiger partial charge in [-0.1, -0.05) is 41.9 Å². The molecule has 4 rings (SSSR count). The van der Waals surface area contributed by atoms with Gasteiger partial charge in [-0.05, 0) is 67.6 Å². The molecule has 2 fully saturated rings. The topological polar surface area (TPSA) is 35.6 Å². The van der Waals surface area contributed by atoms with E-state index in [0.29, 0.717) is 19.6 Å². The summed E-state index contributed by atoms with van der Waals surface area (Å²) in [6, 6.07) is 14.6. The van der Waals surface area contributed by atoms with Gasteiger partial charge in [0.1, 0.15) is 5.82 Å². The fraction of sp³-hybridized carbons (Fsp3) is 0.480. The normalized spacial score (nSPS) is 22.5. The van der Waals surface area contributed by atoms with Crippen LogP contribution in [0.2, 0.25) is 5.02 Å². The molecule has 2 aromatic carbocycles. The molecule has 6 heteroatoms. The van der Waals surface area contributed by atoms with E-state index in [4.69, 9.17) is 11.6 Å². The maximum atomic E-state index is 13.4. The van der Waals surface area contributed by atoms with E-state index in [-0.39, 0.29) is 23.6 Å². The molecule has 0 spiro atoms. The van der Waals surface area contributed by atoms with Crippen molar-refractivity contribution in [2.24, 2.45) is 5.92 Å². The molecule has 1 amide bonds. The number of likely N-dealkylation sites (tertiary alicyclic amines) is 2. The lowest BCUT2D eigenvalue weighted by atomic mass is 9.84. The van der Waals surface area contributed by atoms with E-state index in [9.17, 15) is 9.18 Å². The van der Waals surface area contributed by atoms with Crippen LogP contribution in [-0.2, 0) is 11.3 Å². The van der Waals surface area contributed by atoms with Crippen molar-refractivity contribution < 1.29 is 9.18 Å². The van der Waals surface area contributed by atoms with Crippen molar-refractivity contribution in [2.45, 2.75) is 31.7 Å². The summed E-state index contributed by atoms with van der Waals surface area (Å²) >= 11 is 6.39. The van der Waals surface area contributed by atoms with Crippen molar-refractivity contribution >= 4 is 17.5 Å². The summed E-state index contributed by atoms with van der Waals surface area (Å²) < 4.78 is 13.4. The SMILES string of the molecule is O=C(NCCN1CCCC1)C1CC(c2ccc(F)cc2)CN(Cc2ccccc2Cl)C1. The number of halogens is 2. The van der Waals surface area contributed by atoms with Gasteiger partial charge in [-0.2, -0.15) is 0 Å². The number of nitrogens with zero attached hydrogens (tertiary/aromatic N) is 2. The average molecular weight is 444 g/mol. The van der Waals surface area contributed by atoms with Gasteiger partial charge in [-0.25, -0.2) is 4.39 Å². The molecule has 4 nitrogen and oxygen atoms in total. The molecule has 0 bridgehead atoms. The van der Waals surface area contributed by atoms with Crippen LogP contribution in [0, 0.1) is 11.7 Å². The van der Waals surface area contributed by atoms with Crippen LogP contribution >= 0.6 is 11.6 Å². The highest BCUT2D eigenvalue weighted by Crippen LogP contribution is 2.32. The standard InChI is InChI=1S/C25H31ClFN3O/c26-24-6-2-1-5-20(24)16-30-17-21(19-7-9-23(27)10-8-19)15-22(18-30)25(31)28-11-14-29-12-3-4-13-29/h1-2,5-10,21-22H,3-4,11-18H2,(H,28,31). The zero-order chi connectivity index (χ0) is 21.6. The molecule has 0 aliphatic carbocycles. The fourth-order valence-electron chi connectivity index (χ4n) is 4.84. The zero-order valence-corrected chi connectivity index (χ0v) is 18.7. The number of piperidine rings is 1. The molecule has 0 radical (unpaired) electrons. The van der Waals surface area contributed by atoms with Gasteiger partial charge in [0.05, 0.1) is 5.92 Å². The quantitative estimate of drug-likeness (QED) is 0.693. The third-order valence-corrected chi connectivity index (χ3v) is 6.88. The van der Waals surface area contributed by atoms with Crippen LogP contribution in [0.5, 0.6) is 0 Å². The maximum Gasteiger partial charge on any atom is 0.224 e. The largest absolute Gasteiger partial charge is 0.355 e. The smallest absolute Gasteiger partial charge is 0.224 e. The molecule has 2 saturated heterocycles. The molecule has 166 valence electrons. The van der Waals surface area contributed by atoms with Crippen LogP contribution in [0.3, 0.4) is 0 Å². The number of hydrogen-bond acceptors (Lipinski definition) is 3. The molecule has 2 atom stereocenters. The van der Waals surface area contributed by atoms with Gasteiger partial charge in [0.2, 0.25) is 5.91 Å². The second-order valence-corrected chi connectivity index (χ2v) is 9.21. The number of hydrogen-bond donors (Lipinski definition) is 1. The first-order chi connectivity index (χ1) is 15.1. The van der Waals surface area contributed by atoms with Gasteiger partial charge in [-0.3, -0.25) is 9.69 Å². The predicted octanol–water partition coefficient (Wildman–Crippen LogP) is 4.30. The number of carbonyl (C=O) groups is 1. The van der Waals surface area contributed by atoms with Crippen molar-refractivity contribution in [2.75, 3.05) is 39.3 Å². The first kappa shape index (κ1) is 22.3. The maximum absolute atomic E-state index is 13.4. The van der Waals surface area contributed by atoms with Gasteiger partial charge in [0.25, 0.3) is 0 Å². The number of benzene rings is 2. The summed E-state index contributed by atoms with van der Waals surface area (Å²) in [4.78, 5) is 17.7. The van der Waals surface area contributed by atoms with E-state index >= 15 is 0 Å². The lowest BCUT2D eigenvalue weighted by Crippen LogP contribution is -2.46. The lowest BCUT2D eigenvalue weighted by Gasteiger charge is -2.37. The molecular weight excluding hydrogens is 413 g/mol. The van der Waals surface area contributed by atoms with Gasteiger partial charge < -0.3 is 10.2 Å². The summed E-state index contributed by atoms with van der Waals surface area (Å²) in [5.74, 6) is -0.0186. The Labute approximate surface area is 189 Å². The van der Waals surface area contributed by atoms with E-state index in [2.05, 4.69) is 15.1 Å². The Morgan fingerprint density at radius 1 is 1.03 bits per heavy atom. The minimum absolute atomic E-state index is 0.0927. The van der Waals surface area contributed by atoms with Gasteiger partial charge in [-0.15, -0.1) is 0 Å². The van der Waals surface area contributed by atoms with E-state index in [0.717, 1.165) is 48.7 Å². The third-order valence-electron chi connectivity index (χ3n) is 6.52. The average Bonchev–Trinajstić information content (AvgIpc) is 3.29. The zero-order valence-electron chi connectivity index (χ0n) is 17.9. The Morgan fingerprint density at radius 3 is 2.52 bits per heavy atom. The van der Waals surface area contributed by atoms with Crippen molar-refractivity contribution in [1.82, 2.24) is 15.1 Å². The Balaban J connectivity index is 1.43. The van der Waals surface area contributed by atoms with Crippen LogP contribution in [-0.4, -0.2) is 55.0 Å². The molecule has 2 aliphatic heterocycles. The van der Waals surface area contributed by atoms with Crippen molar-refractivity contribution in [1.29, 1.82) is 0 Å². The fourth-order valence-corrected chi connectivity index (χ4v) is 5.04. The second kappa shape index (κ2) is 10.6. The van der Waals surface area contributed by atoms with E-state index in [1.807, 2.05) is 36.4 Å². The Bertz CT molecular complexity index is 869. The monoisotopic (exact) mass is 443 g/mol. The Morgan fingerprint density at radius 2 is 1.77 bits per heavy atom. The first-order valence-corrected chi connectivity index (χ1v) is 11.7. The molecule has 31 heavy (non-hydrogen) atoms. The number of nitrogens with one attached hydrogen (secondary N) is 1. The number of carbonyl (C=O) groups excluding carboxylic acids is 1. The predicted molar refractivity (Wildman–Crippen MR) is 123 cm³/mol. The molecule has 0 saturated carbocycles. The van der Waals surface area contributed by atoms with Crippen molar-refractivity contribution in [3.8, 4) is 0 Å². The molecule has 2 aliphatic rings. The summed E-state index contributed by atoms with van der Waals surface area (Å²) in [5.41, 5.74) is 2.15. The van der Waals surface area contributed by atoms with Crippen molar-refractivity contribution in [3.63, 3.8) is 0 Å². The number of rotatable bonds is 7. The van der Waals surface area contributed by atoms with Crippen LogP contribution in [0.15, 0.2) is 48.5 Å². The molecule has 2 heterocycles. The van der Waals surface area contributed by atoms with E-state index in [1.54, 1.807) is 0 Å². The molecule has 0 aromatic heterocycles. The minimum atomic E-state index is -0.233. The minimum Gasteiger partial charge on any atom is -0.355 e. The van der Waals surface area contributed by atoms with Gasteiger partial charge >= 0.3 is 0 Å². The summed E-state index contributed by atoms with van der Waals surface area (Å²) in [6.07, 6.45) is 3.29. The van der Waals surface area contributed by atoms with Crippen LogP contribution < -0.4 is 5.32 Å². The summed E-state index contributed by atoms with van der Waals surface area (Å²) in [6.45, 7) is 6.13. The highest BCUT2D eigenvalue weighted by atomic mass is 35.5. The highest BCUT2D eigenvalue weighted by molar-refractivity contribution is 6.31. The first-order valence-electron chi connectivity index (χ1n) is 11.3. The molecular formula is C25H31ClFN3O. The highest BCUT2D eigenvalue weighted by Gasteiger charge is 2.32. The molecule has 2 unspecified atom stereocenters. The van der Waals surface area contributed by atoms with E-state index in [1.165, 1.54) is 25.0 Å².